The van der Waals surface area contributed by atoms with E-state index in [0.717, 1.165) is 10.2 Å². The fraction of sp³-hybridized carbons (Fsp3) is 0.133. The first kappa shape index (κ1) is 14.9. The molecule has 0 saturated heterocycles. The Morgan fingerprint density at radius 1 is 1.15 bits per heavy atom. The number of hydrogen-bond acceptors (Lipinski definition) is 2. The van der Waals surface area contributed by atoms with E-state index in [1.165, 1.54) is 0 Å². The summed E-state index contributed by atoms with van der Waals surface area (Å²) < 4.78 is 0.871. The van der Waals surface area contributed by atoms with E-state index in [1.807, 2.05) is 37.2 Å². The maximum atomic E-state index is 12.1. The Morgan fingerprint density at radius 3 is 2.35 bits per heavy atom. The van der Waals surface area contributed by atoms with E-state index in [0.29, 0.717) is 16.3 Å². The first-order valence-corrected chi connectivity index (χ1v) is 7.18. The number of hydrogen-bond donors (Lipinski definition) is 1. The van der Waals surface area contributed by atoms with Gasteiger partial charge in [0.1, 0.15) is 0 Å². The molecule has 0 radical (unpaired) electrons. The standard InChI is InChI=1S/C15H14BrClN2O/c1-19(2)12-6-3-10(4-7-12)15(20)18-14-8-5-11(16)9-13(14)17/h3-9H,1-2H3,(H,18,20). The number of nitrogens with zero attached hydrogens (tertiary/aromatic N) is 1. The first-order valence-electron chi connectivity index (χ1n) is 6.01. The molecule has 0 aromatic heterocycles. The van der Waals surface area contributed by atoms with Crippen LogP contribution in [0.5, 0.6) is 0 Å². The lowest BCUT2D eigenvalue weighted by Gasteiger charge is -2.13. The molecule has 2 rings (SSSR count). The largest absolute Gasteiger partial charge is 0.378 e. The van der Waals surface area contributed by atoms with Gasteiger partial charge in [-0.05, 0) is 42.5 Å². The average Bonchev–Trinajstić information content (AvgIpc) is 2.42. The number of rotatable bonds is 3. The molecule has 0 spiro atoms. The zero-order valence-corrected chi connectivity index (χ0v) is 13.5. The second kappa shape index (κ2) is 6.29. The second-order valence-corrected chi connectivity index (χ2v) is 5.84. The lowest BCUT2D eigenvalue weighted by molar-refractivity contribution is 0.102. The Bertz CT molecular complexity index is 626. The Morgan fingerprint density at radius 2 is 1.80 bits per heavy atom. The zero-order valence-electron chi connectivity index (χ0n) is 11.2. The smallest absolute Gasteiger partial charge is 0.255 e. The lowest BCUT2D eigenvalue weighted by atomic mass is 10.2. The molecule has 2 aromatic rings. The second-order valence-electron chi connectivity index (χ2n) is 4.52. The van der Waals surface area contributed by atoms with Crippen LogP contribution >= 0.6 is 27.5 Å². The summed E-state index contributed by atoms with van der Waals surface area (Å²) in [6.07, 6.45) is 0. The van der Waals surface area contributed by atoms with Crippen molar-refractivity contribution in [2.75, 3.05) is 24.3 Å². The SMILES string of the molecule is CN(C)c1ccc(C(=O)Nc2ccc(Br)cc2Cl)cc1. The minimum Gasteiger partial charge on any atom is -0.378 e. The van der Waals surface area contributed by atoms with Gasteiger partial charge in [-0.1, -0.05) is 27.5 Å². The minimum atomic E-state index is -0.181. The summed E-state index contributed by atoms with van der Waals surface area (Å²) in [4.78, 5) is 14.1. The van der Waals surface area contributed by atoms with Crippen LogP contribution in [-0.4, -0.2) is 20.0 Å². The van der Waals surface area contributed by atoms with Gasteiger partial charge >= 0.3 is 0 Å². The van der Waals surface area contributed by atoms with E-state index >= 15 is 0 Å². The summed E-state index contributed by atoms with van der Waals surface area (Å²) in [5, 5.41) is 3.29. The molecule has 0 bridgehead atoms. The molecule has 0 aliphatic heterocycles. The van der Waals surface area contributed by atoms with Crippen LogP contribution in [0.4, 0.5) is 11.4 Å². The van der Waals surface area contributed by atoms with Gasteiger partial charge < -0.3 is 10.2 Å². The molecule has 3 nitrogen and oxygen atoms in total. The minimum absolute atomic E-state index is 0.181. The van der Waals surface area contributed by atoms with E-state index in [-0.39, 0.29) is 5.91 Å². The van der Waals surface area contributed by atoms with E-state index in [2.05, 4.69) is 21.2 Å². The Kier molecular flexibility index (Phi) is 4.68. The molecule has 0 atom stereocenters. The maximum Gasteiger partial charge on any atom is 0.255 e. The topological polar surface area (TPSA) is 32.3 Å². The predicted octanol–water partition coefficient (Wildman–Crippen LogP) is 4.42. The summed E-state index contributed by atoms with van der Waals surface area (Å²) >= 11 is 9.40. The normalized spacial score (nSPS) is 10.2. The van der Waals surface area contributed by atoms with E-state index in [1.54, 1.807) is 24.3 Å². The van der Waals surface area contributed by atoms with E-state index < -0.39 is 0 Å². The highest BCUT2D eigenvalue weighted by molar-refractivity contribution is 9.10. The number of nitrogens with one attached hydrogen (secondary N) is 1. The van der Waals surface area contributed by atoms with Gasteiger partial charge in [-0.3, -0.25) is 4.79 Å². The van der Waals surface area contributed by atoms with Crippen LogP contribution in [-0.2, 0) is 0 Å². The van der Waals surface area contributed by atoms with Gasteiger partial charge in [0, 0.05) is 29.8 Å². The van der Waals surface area contributed by atoms with Crippen LogP contribution in [0, 0.1) is 0 Å². The van der Waals surface area contributed by atoms with Gasteiger partial charge in [0.05, 0.1) is 10.7 Å². The maximum absolute atomic E-state index is 12.1. The van der Waals surface area contributed by atoms with Crippen LogP contribution in [0.2, 0.25) is 5.02 Å². The van der Waals surface area contributed by atoms with Crippen LogP contribution < -0.4 is 10.2 Å². The number of amides is 1. The number of benzene rings is 2. The predicted molar refractivity (Wildman–Crippen MR) is 87.9 cm³/mol. The van der Waals surface area contributed by atoms with Crippen molar-refractivity contribution in [3.63, 3.8) is 0 Å². The number of anilines is 2. The van der Waals surface area contributed by atoms with Crippen LogP contribution in [0.3, 0.4) is 0 Å². The third-order valence-corrected chi connectivity index (χ3v) is 3.63. The van der Waals surface area contributed by atoms with Gasteiger partial charge in [0.15, 0.2) is 0 Å². The number of carbonyl (C=O) groups is 1. The first-order chi connectivity index (χ1) is 9.47. The Hall–Kier alpha value is -1.52. The number of halogens is 2. The highest BCUT2D eigenvalue weighted by Gasteiger charge is 2.09. The van der Waals surface area contributed by atoms with Crippen molar-refractivity contribution in [2.45, 2.75) is 0 Å². The summed E-state index contributed by atoms with van der Waals surface area (Å²) in [6.45, 7) is 0. The highest BCUT2D eigenvalue weighted by atomic mass is 79.9. The fourth-order valence-corrected chi connectivity index (χ4v) is 2.42. The molecule has 0 aliphatic rings. The molecule has 0 fully saturated rings. The molecule has 1 amide bonds. The van der Waals surface area contributed by atoms with Crippen molar-refractivity contribution in [1.29, 1.82) is 0 Å². The molecule has 1 N–H and O–H groups in total. The summed E-state index contributed by atoms with van der Waals surface area (Å²) in [5.41, 5.74) is 2.23. The molecule has 2 aromatic carbocycles. The Labute approximate surface area is 131 Å². The monoisotopic (exact) mass is 352 g/mol. The molecule has 20 heavy (non-hydrogen) atoms. The lowest BCUT2D eigenvalue weighted by Crippen LogP contribution is -2.13. The van der Waals surface area contributed by atoms with Crippen molar-refractivity contribution in [3.8, 4) is 0 Å². The molecular formula is C15H14BrClN2O. The quantitative estimate of drug-likeness (QED) is 0.886. The highest BCUT2D eigenvalue weighted by Crippen LogP contribution is 2.26. The molecule has 104 valence electrons. The molecule has 0 aliphatic carbocycles. The summed E-state index contributed by atoms with van der Waals surface area (Å²) in [7, 11) is 3.91. The van der Waals surface area contributed by atoms with Crippen molar-refractivity contribution in [3.05, 3.63) is 57.5 Å². The van der Waals surface area contributed by atoms with Crippen LogP contribution in [0.25, 0.3) is 0 Å². The van der Waals surface area contributed by atoms with Crippen molar-refractivity contribution in [2.24, 2.45) is 0 Å². The summed E-state index contributed by atoms with van der Waals surface area (Å²) in [6, 6.07) is 12.7. The molecule has 5 heteroatoms. The van der Waals surface area contributed by atoms with Crippen molar-refractivity contribution in [1.82, 2.24) is 0 Å². The zero-order chi connectivity index (χ0) is 14.7. The number of carbonyl (C=O) groups excluding carboxylic acids is 1. The van der Waals surface area contributed by atoms with Gasteiger partial charge in [-0.2, -0.15) is 0 Å². The van der Waals surface area contributed by atoms with Gasteiger partial charge in [0.2, 0.25) is 0 Å². The third kappa shape index (κ3) is 3.52. The van der Waals surface area contributed by atoms with Gasteiger partial charge in [-0.25, -0.2) is 0 Å². The molecule has 0 unspecified atom stereocenters. The van der Waals surface area contributed by atoms with Crippen molar-refractivity contribution >= 4 is 44.8 Å². The Balaban J connectivity index is 2.15. The average molecular weight is 354 g/mol. The fourth-order valence-electron chi connectivity index (χ4n) is 1.70. The molecule has 0 heterocycles. The van der Waals surface area contributed by atoms with Gasteiger partial charge in [0.25, 0.3) is 5.91 Å². The van der Waals surface area contributed by atoms with Crippen LogP contribution in [0.15, 0.2) is 46.9 Å². The third-order valence-electron chi connectivity index (χ3n) is 2.83. The molecule has 0 saturated carbocycles. The van der Waals surface area contributed by atoms with Crippen LogP contribution in [0.1, 0.15) is 10.4 Å². The van der Waals surface area contributed by atoms with Crippen molar-refractivity contribution < 1.29 is 4.79 Å². The summed E-state index contributed by atoms with van der Waals surface area (Å²) in [5.74, 6) is -0.181. The van der Waals surface area contributed by atoms with E-state index in [4.69, 9.17) is 11.6 Å². The van der Waals surface area contributed by atoms with E-state index in [9.17, 15) is 4.79 Å². The molecular weight excluding hydrogens is 340 g/mol. The van der Waals surface area contributed by atoms with Gasteiger partial charge in [-0.15, -0.1) is 0 Å².